The van der Waals surface area contributed by atoms with Crippen molar-refractivity contribution in [2.45, 2.75) is 52.6 Å². The number of nitriles is 1. The van der Waals surface area contributed by atoms with E-state index in [-0.39, 0.29) is 5.91 Å². The van der Waals surface area contributed by atoms with Gasteiger partial charge in [-0.2, -0.15) is 5.26 Å². The highest BCUT2D eigenvalue weighted by molar-refractivity contribution is 5.92. The first kappa shape index (κ1) is 19.2. The third-order valence-electron chi connectivity index (χ3n) is 5.85. The second-order valence-electron chi connectivity index (χ2n) is 7.65. The third-order valence-corrected chi connectivity index (χ3v) is 5.85. The Bertz CT molecular complexity index is 847. The number of hydrogen-bond acceptors (Lipinski definition) is 2. The maximum Gasteiger partial charge on any atom is 0.280 e. The number of benzene rings is 1. The molecule has 5 nitrogen and oxygen atoms in total. The van der Waals surface area contributed by atoms with Crippen LogP contribution in [0.1, 0.15) is 48.6 Å². The number of quaternary nitrogens is 1. The Morgan fingerprint density at radius 1 is 1.30 bits per heavy atom. The van der Waals surface area contributed by atoms with Crippen molar-refractivity contribution in [2.24, 2.45) is 0 Å². The summed E-state index contributed by atoms with van der Waals surface area (Å²) < 4.78 is 2.05. The highest BCUT2D eigenvalue weighted by Gasteiger charge is 2.26. The molecule has 2 N–H and O–H groups in total. The molecule has 2 aromatic rings. The van der Waals surface area contributed by atoms with Crippen LogP contribution in [-0.2, 0) is 11.3 Å². The number of nitrogens with zero attached hydrogens (tertiary/aromatic N) is 2. The standard InChI is InChI=1S/C22H28N4O/c1-16-9-7-8-12-25(16)15-21(27)24-22-20(13-23)17(2)18(3)26(22)14-19-10-5-4-6-11-19/h4-6,10-11,16H,7-9,12,14-15H2,1-3H3,(H,24,27)/p+1/t16-/m0/s1. The van der Waals surface area contributed by atoms with E-state index >= 15 is 0 Å². The Morgan fingerprint density at radius 3 is 2.70 bits per heavy atom. The van der Waals surface area contributed by atoms with Crippen molar-refractivity contribution in [3.05, 3.63) is 52.7 Å². The summed E-state index contributed by atoms with van der Waals surface area (Å²) in [6.07, 6.45) is 3.61. The van der Waals surface area contributed by atoms with E-state index in [1.807, 2.05) is 32.0 Å². The highest BCUT2D eigenvalue weighted by Crippen LogP contribution is 2.27. The summed E-state index contributed by atoms with van der Waals surface area (Å²) in [5, 5.41) is 12.7. The summed E-state index contributed by atoms with van der Waals surface area (Å²) >= 11 is 0. The molecule has 1 unspecified atom stereocenters. The van der Waals surface area contributed by atoms with Crippen LogP contribution in [0, 0.1) is 25.2 Å². The predicted octanol–water partition coefficient (Wildman–Crippen LogP) is 2.42. The zero-order valence-corrected chi connectivity index (χ0v) is 16.5. The molecule has 1 aliphatic rings. The van der Waals surface area contributed by atoms with Gasteiger partial charge in [-0.1, -0.05) is 30.3 Å². The Hall–Kier alpha value is -2.58. The number of piperidine rings is 1. The number of nitrogens with one attached hydrogen (secondary N) is 2. The van der Waals surface area contributed by atoms with Gasteiger partial charge in [0, 0.05) is 12.2 Å². The molecule has 3 rings (SSSR count). The molecule has 1 fully saturated rings. The molecule has 5 heteroatoms. The van der Waals surface area contributed by atoms with Crippen LogP contribution in [0.3, 0.4) is 0 Å². The summed E-state index contributed by atoms with van der Waals surface area (Å²) in [5.74, 6) is 0.618. The van der Waals surface area contributed by atoms with Crippen LogP contribution in [0.15, 0.2) is 30.3 Å². The lowest BCUT2D eigenvalue weighted by Gasteiger charge is -2.29. The van der Waals surface area contributed by atoms with Crippen molar-refractivity contribution in [2.75, 3.05) is 18.4 Å². The molecular formula is C22H29N4O+. The van der Waals surface area contributed by atoms with Crippen LogP contribution in [0.4, 0.5) is 5.82 Å². The van der Waals surface area contributed by atoms with Crippen LogP contribution >= 0.6 is 0 Å². The molecule has 1 amide bonds. The zero-order valence-electron chi connectivity index (χ0n) is 16.5. The van der Waals surface area contributed by atoms with Gasteiger partial charge in [0.1, 0.15) is 11.9 Å². The Morgan fingerprint density at radius 2 is 2.04 bits per heavy atom. The second kappa shape index (κ2) is 8.41. The highest BCUT2D eigenvalue weighted by atomic mass is 16.2. The van der Waals surface area contributed by atoms with Crippen LogP contribution in [0.5, 0.6) is 0 Å². The molecule has 0 saturated carbocycles. The van der Waals surface area contributed by atoms with Crippen LogP contribution in [0.2, 0.25) is 0 Å². The molecule has 0 bridgehead atoms. The maximum atomic E-state index is 12.8. The number of hydrogen-bond donors (Lipinski definition) is 2. The van der Waals surface area contributed by atoms with E-state index < -0.39 is 0 Å². The first-order chi connectivity index (χ1) is 13.0. The minimum Gasteiger partial charge on any atom is -0.326 e. The minimum absolute atomic E-state index is 0.0120. The van der Waals surface area contributed by atoms with Gasteiger partial charge in [0.15, 0.2) is 6.54 Å². The average molecular weight is 366 g/mol. The number of carbonyl (C=O) groups excluding carboxylic acids is 1. The molecule has 142 valence electrons. The molecule has 0 radical (unpaired) electrons. The van der Waals surface area contributed by atoms with Crippen molar-refractivity contribution >= 4 is 11.7 Å². The first-order valence-corrected chi connectivity index (χ1v) is 9.79. The van der Waals surface area contributed by atoms with E-state index in [1.165, 1.54) is 24.2 Å². The Kier molecular flexibility index (Phi) is 5.98. The van der Waals surface area contributed by atoms with Gasteiger partial charge in [0.05, 0.1) is 18.2 Å². The van der Waals surface area contributed by atoms with Crippen LogP contribution < -0.4 is 10.2 Å². The van der Waals surface area contributed by atoms with E-state index in [1.54, 1.807) is 0 Å². The van der Waals surface area contributed by atoms with E-state index in [9.17, 15) is 10.1 Å². The van der Waals surface area contributed by atoms with Crippen molar-refractivity contribution < 1.29 is 9.69 Å². The molecule has 1 aromatic carbocycles. The molecule has 2 atom stereocenters. The van der Waals surface area contributed by atoms with Crippen LogP contribution in [0.25, 0.3) is 0 Å². The van der Waals surface area contributed by atoms with Gasteiger partial charge < -0.3 is 14.8 Å². The molecule has 1 saturated heterocycles. The predicted molar refractivity (Wildman–Crippen MR) is 107 cm³/mol. The first-order valence-electron chi connectivity index (χ1n) is 9.79. The number of carbonyl (C=O) groups is 1. The van der Waals surface area contributed by atoms with Crippen molar-refractivity contribution in [3.63, 3.8) is 0 Å². The van der Waals surface area contributed by atoms with Gasteiger partial charge in [0.25, 0.3) is 5.91 Å². The number of rotatable bonds is 5. The zero-order chi connectivity index (χ0) is 19.4. The van der Waals surface area contributed by atoms with Gasteiger partial charge in [0.2, 0.25) is 0 Å². The lowest BCUT2D eigenvalue weighted by Crippen LogP contribution is -3.17. The number of anilines is 1. The van der Waals surface area contributed by atoms with Crippen molar-refractivity contribution in [1.29, 1.82) is 5.26 Å². The molecular weight excluding hydrogens is 336 g/mol. The largest absolute Gasteiger partial charge is 0.326 e. The van der Waals surface area contributed by atoms with E-state index in [2.05, 4.69) is 35.0 Å². The van der Waals surface area contributed by atoms with Crippen molar-refractivity contribution in [3.8, 4) is 6.07 Å². The van der Waals surface area contributed by atoms with Crippen LogP contribution in [-0.4, -0.2) is 29.6 Å². The third kappa shape index (κ3) is 4.23. The Labute approximate surface area is 161 Å². The maximum absolute atomic E-state index is 12.8. The number of amides is 1. The fraction of sp³-hybridized carbons (Fsp3) is 0.455. The molecule has 27 heavy (non-hydrogen) atoms. The van der Waals surface area contributed by atoms with Gasteiger partial charge in [-0.3, -0.25) is 4.79 Å². The average Bonchev–Trinajstić information content (AvgIpc) is 2.88. The fourth-order valence-electron chi connectivity index (χ4n) is 3.99. The molecule has 0 spiro atoms. The van der Waals surface area contributed by atoms with E-state index in [0.29, 0.717) is 30.5 Å². The molecule has 1 aromatic heterocycles. The summed E-state index contributed by atoms with van der Waals surface area (Å²) in [5.41, 5.74) is 3.66. The monoisotopic (exact) mass is 365 g/mol. The lowest BCUT2D eigenvalue weighted by atomic mass is 10.0. The van der Waals surface area contributed by atoms with Gasteiger partial charge >= 0.3 is 0 Å². The molecule has 2 heterocycles. The number of aromatic nitrogens is 1. The normalized spacial score (nSPS) is 19.5. The summed E-state index contributed by atoms with van der Waals surface area (Å²) in [7, 11) is 0. The summed E-state index contributed by atoms with van der Waals surface area (Å²) in [6, 6.07) is 12.9. The van der Waals surface area contributed by atoms with Gasteiger partial charge in [-0.25, -0.2) is 0 Å². The van der Waals surface area contributed by atoms with E-state index in [0.717, 1.165) is 23.4 Å². The van der Waals surface area contributed by atoms with E-state index in [4.69, 9.17) is 0 Å². The topological polar surface area (TPSA) is 62.3 Å². The second-order valence-corrected chi connectivity index (χ2v) is 7.65. The SMILES string of the molecule is Cc1c(C#N)c(NC(=O)C[NH+]2CCCC[C@@H]2C)n(Cc2ccccc2)c1C. The molecule has 0 aliphatic carbocycles. The summed E-state index contributed by atoms with van der Waals surface area (Å²) in [6.45, 7) is 8.31. The smallest absolute Gasteiger partial charge is 0.280 e. The Balaban J connectivity index is 1.84. The van der Waals surface area contributed by atoms with Gasteiger partial charge in [-0.05, 0) is 51.2 Å². The molecule has 1 aliphatic heterocycles. The minimum atomic E-state index is -0.0120. The lowest BCUT2D eigenvalue weighted by molar-refractivity contribution is -0.920. The quantitative estimate of drug-likeness (QED) is 0.855. The number of likely N-dealkylation sites (tertiary alicyclic amines) is 1. The summed E-state index contributed by atoms with van der Waals surface area (Å²) in [4.78, 5) is 14.1. The fourth-order valence-corrected chi connectivity index (χ4v) is 3.99. The van der Waals surface area contributed by atoms with Gasteiger partial charge in [-0.15, -0.1) is 0 Å². The van der Waals surface area contributed by atoms with Crippen molar-refractivity contribution in [1.82, 2.24) is 4.57 Å².